The van der Waals surface area contributed by atoms with E-state index in [1.165, 1.54) is 0 Å². The van der Waals surface area contributed by atoms with Crippen molar-refractivity contribution in [2.24, 2.45) is 0 Å². The Hall–Kier alpha value is -1.81. The molecule has 118 valence electrons. The molecule has 3 rings (SSSR count). The Morgan fingerprint density at radius 3 is 3.05 bits per heavy atom. The Balaban J connectivity index is 1.70. The van der Waals surface area contributed by atoms with Crippen LogP contribution in [0, 0.1) is 0 Å². The number of aromatic nitrogens is 1. The van der Waals surface area contributed by atoms with E-state index in [-0.39, 0.29) is 5.91 Å². The summed E-state index contributed by atoms with van der Waals surface area (Å²) in [7, 11) is 0. The quantitative estimate of drug-likeness (QED) is 0.889. The fourth-order valence-electron chi connectivity index (χ4n) is 3.17. The van der Waals surface area contributed by atoms with E-state index >= 15 is 0 Å². The van der Waals surface area contributed by atoms with Gasteiger partial charge in [-0.2, -0.15) is 0 Å². The molecule has 1 amide bonds. The van der Waals surface area contributed by atoms with Gasteiger partial charge in [0.2, 0.25) is 0 Å². The summed E-state index contributed by atoms with van der Waals surface area (Å²) in [4.78, 5) is 12.5. The molecule has 0 saturated carbocycles. The van der Waals surface area contributed by atoms with E-state index in [4.69, 9.17) is 4.74 Å². The number of nitrogens with zero attached hydrogens (tertiary/aromatic N) is 1. The van der Waals surface area contributed by atoms with E-state index in [2.05, 4.69) is 28.9 Å². The van der Waals surface area contributed by atoms with Crippen molar-refractivity contribution in [3.05, 3.63) is 36.0 Å². The summed E-state index contributed by atoms with van der Waals surface area (Å²) in [6, 6.07) is 10.2. The van der Waals surface area contributed by atoms with Crippen molar-refractivity contribution in [2.45, 2.75) is 45.3 Å². The third-order valence-electron chi connectivity index (χ3n) is 4.27. The Morgan fingerprint density at radius 1 is 1.41 bits per heavy atom. The van der Waals surface area contributed by atoms with E-state index in [0.717, 1.165) is 55.4 Å². The molecule has 2 heterocycles. The van der Waals surface area contributed by atoms with Crippen molar-refractivity contribution in [2.75, 3.05) is 13.2 Å². The van der Waals surface area contributed by atoms with Crippen molar-refractivity contribution in [1.29, 1.82) is 0 Å². The van der Waals surface area contributed by atoms with Crippen molar-refractivity contribution in [3.63, 3.8) is 0 Å². The van der Waals surface area contributed by atoms with Gasteiger partial charge in [-0.1, -0.05) is 25.1 Å². The Bertz CT molecular complexity index is 642. The topological polar surface area (TPSA) is 43.3 Å². The number of rotatable bonds is 6. The molecule has 1 aliphatic heterocycles. The van der Waals surface area contributed by atoms with Gasteiger partial charge >= 0.3 is 0 Å². The number of para-hydroxylation sites is 1. The number of carbonyl (C=O) groups excluding carboxylic acids is 1. The van der Waals surface area contributed by atoms with Crippen LogP contribution in [0.15, 0.2) is 30.3 Å². The number of hydrogen-bond acceptors (Lipinski definition) is 2. The van der Waals surface area contributed by atoms with Gasteiger partial charge in [-0.05, 0) is 37.8 Å². The predicted molar refractivity (Wildman–Crippen MR) is 88.2 cm³/mol. The number of carbonyl (C=O) groups is 1. The van der Waals surface area contributed by atoms with Gasteiger partial charge in [-0.15, -0.1) is 0 Å². The number of ether oxygens (including phenoxy) is 1. The summed E-state index contributed by atoms with van der Waals surface area (Å²) in [6.07, 6.45) is 4.49. The van der Waals surface area contributed by atoms with E-state index in [9.17, 15) is 4.79 Å². The maximum Gasteiger partial charge on any atom is 0.267 e. The third kappa shape index (κ3) is 3.17. The van der Waals surface area contributed by atoms with Crippen LogP contribution in [0.1, 0.15) is 43.1 Å². The van der Waals surface area contributed by atoms with Gasteiger partial charge in [0.25, 0.3) is 5.91 Å². The van der Waals surface area contributed by atoms with Crippen molar-refractivity contribution in [3.8, 4) is 0 Å². The highest BCUT2D eigenvalue weighted by Crippen LogP contribution is 2.20. The minimum atomic E-state index is 0.0163. The normalized spacial score (nSPS) is 18.0. The zero-order valence-electron chi connectivity index (χ0n) is 13.2. The molecule has 1 fully saturated rings. The largest absolute Gasteiger partial charge is 0.378 e. The first kappa shape index (κ1) is 15.1. The van der Waals surface area contributed by atoms with Gasteiger partial charge in [0.15, 0.2) is 0 Å². The summed E-state index contributed by atoms with van der Waals surface area (Å²) in [5.74, 6) is 0.0163. The number of amides is 1. The fraction of sp³-hybridized carbons (Fsp3) is 0.500. The van der Waals surface area contributed by atoms with Crippen molar-refractivity contribution >= 4 is 16.8 Å². The van der Waals surface area contributed by atoms with Crippen molar-refractivity contribution in [1.82, 2.24) is 9.88 Å². The molecule has 0 unspecified atom stereocenters. The number of hydrogen-bond donors (Lipinski definition) is 1. The second-order valence-electron chi connectivity index (χ2n) is 5.92. The molecular formula is C18H24N2O2. The SMILES string of the molecule is CCCn1c(C(=O)NCC[C@H]2CCCO2)cc2ccccc21. The molecule has 2 aromatic rings. The molecule has 4 nitrogen and oxygen atoms in total. The second-order valence-corrected chi connectivity index (χ2v) is 5.92. The average Bonchev–Trinajstić information content (AvgIpc) is 3.16. The lowest BCUT2D eigenvalue weighted by Gasteiger charge is -2.12. The molecule has 1 aromatic heterocycles. The highest BCUT2D eigenvalue weighted by Gasteiger charge is 2.17. The van der Waals surface area contributed by atoms with Crippen LogP contribution < -0.4 is 5.32 Å². The summed E-state index contributed by atoms with van der Waals surface area (Å²) >= 11 is 0. The molecular weight excluding hydrogens is 276 g/mol. The highest BCUT2D eigenvalue weighted by atomic mass is 16.5. The molecule has 1 aliphatic rings. The first-order chi connectivity index (χ1) is 10.8. The van der Waals surface area contributed by atoms with Gasteiger partial charge in [-0.3, -0.25) is 4.79 Å². The van der Waals surface area contributed by atoms with E-state index in [1.807, 2.05) is 18.2 Å². The molecule has 22 heavy (non-hydrogen) atoms. The summed E-state index contributed by atoms with van der Waals surface area (Å²) in [5, 5.41) is 4.17. The molecule has 1 atom stereocenters. The first-order valence-corrected chi connectivity index (χ1v) is 8.27. The molecule has 1 saturated heterocycles. The van der Waals surface area contributed by atoms with E-state index < -0.39 is 0 Å². The highest BCUT2D eigenvalue weighted by molar-refractivity contribution is 5.98. The van der Waals surface area contributed by atoms with Gasteiger partial charge in [0.05, 0.1) is 6.10 Å². The van der Waals surface area contributed by atoms with Crippen LogP contribution in [0.5, 0.6) is 0 Å². The maximum absolute atomic E-state index is 12.5. The fourth-order valence-corrected chi connectivity index (χ4v) is 3.17. The maximum atomic E-state index is 12.5. The summed E-state index contributed by atoms with van der Waals surface area (Å²) in [5.41, 5.74) is 1.89. The average molecular weight is 300 g/mol. The first-order valence-electron chi connectivity index (χ1n) is 8.27. The smallest absolute Gasteiger partial charge is 0.267 e. The van der Waals surface area contributed by atoms with E-state index in [1.54, 1.807) is 0 Å². The molecule has 1 N–H and O–H groups in total. The minimum Gasteiger partial charge on any atom is -0.378 e. The standard InChI is InChI=1S/C18H24N2O2/c1-2-11-20-16-8-4-3-6-14(16)13-17(20)18(21)19-10-9-15-7-5-12-22-15/h3-4,6,8,13,15H,2,5,7,9-12H2,1H3,(H,19,21)/t15-/m1/s1. The van der Waals surface area contributed by atoms with Crippen LogP contribution in [-0.2, 0) is 11.3 Å². The van der Waals surface area contributed by atoms with Gasteiger partial charge in [0, 0.05) is 30.6 Å². The van der Waals surface area contributed by atoms with Crippen LogP contribution >= 0.6 is 0 Å². The molecule has 1 aromatic carbocycles. The van der Waals surface area contributed by atoms with Gasteiger partial charge in [0.1, 0.15) is 5.69 Å². The van der Waals surface area contributed by atoms with Gasteiger partial charge < -0.3 is 14.6 Å². The van der Waals surface area contributed by atoms with Crippen LogP contribution in [0.2, 0.25) is 0 Å². The molecule has 0 spiro atoms. The Morgan fingerprint density at radius 2 is 2.27 bits per heavy atom. The molecule has 0 bridgehead atoms. The number of nitrogens with one attached hydrogen (secondary N) is 1. The molecule has 0 aliphatic carbocycles. The number of benzene rings is 1. The van der Waals surface area contributed by atoms with Crippen molar-refractivity contribution < 1.29 is 9.53 Å². The van der Waals surface area contributed by atoms with Crippen LogP contribution in [0.25, 0.3) is 10.9 Å². The third-order valence-corrected chi connectivity index (χ3v) is 4.27. The minimum absolute atomic E-state index is 0.0163. The Kier molecular flexibility index (Phi) is 4.78. The lowest BCUT2D eigenvalue weighted by atomic mass is 10.2. The van der Waals surface area contributed by atoms with Crippen LogP contribution in [0.3, 0.4) is 0 Å². The lowest BCUT2D eigenvalue weighted by Crippen LogP contribution is -2.28. The molecule has 0 radical (unpaired) electrons. The van der Waals surface area contributed by atoms with Gasteiger partial charge in [-0.25, -0.2) is 0 Å². The predicted octanol–water partition coefficient (Wildman–Crippen LogP) is 3.35. The van der Waals surface area contributed by atoms with Crippen LogP contribution in [0.4, 0.5) is 0 Å². The lowest BCUT2D eigenvalue weighted by molar-refractivity contribution is 0.0900. The zero-order valence-corrected chi connectivity index (χ0v) is 13.2. The Labute approximate surface area is 131 Å². The molecule has 4 heteroatoms. The monoisotopic (exact) mass is 300 g/mol. The second kappa shape index (κ2) is 6.97. The van der Waals surface area contributed by atoms with E-state index in [0.29, 0.717) is 12.6 Å². The van der Waals surface area contributed by atoms with Crippen LogP contribution in [-0.4, -0.2) is 29.7 Å². The number of aryl methyl sites for hydroxylation is 1. The zero-order chi connectivity index (χ0) is 15.4. The summed E-state index contributed by atoms with van der Waals surface area (Å²) < 4.78 is 7.72. The summed E-state index contributed by atoms with van der Waals surface area (Å²) in [6.45, 7) is 4.54. The number of fused-ring (bicyclic) bond motifs is 1.